The Kier molecular flexibility index (Phi) is 6.26. The standard InChI is InChI=1S/C18H19FN2O2S/c1-3-12(2)23-14-8-6-7-13(11-14)20-18(24)21-17(22)15-9-4-5-10-16(15)19/h4-12H,3H2,1-2H3,(H2,20,21,22,24). The van der Waals surface area contributed by atoms with Crippen LogP contribution in [0.4, 0.5) is 10.1 Å². The highest BCUT2D eigenvalue weighted by Gasteiger charge is 2.12. The molecule has 126 valence electrons. The van der Waals surface area contributed by atoms with E-state index in [9.17, 15) is 9.18 Å². The number of carbonyl (C=O) groups is 1. The zero-order valence-corrected chi connectivity index (χ0v) is 14.3. The molecule has 0 aromatic heterocycles. The predicted octanol–water partition coefficient (Wildman–Crippen LogP) is 4.13. The van der Waals surface area contributed by atoms with E-state index in [2.05, 4.69) is 10.6 Å². The van der Waals surface area contributed by atoms with Crippen LogP contribution in [0.1, 0.15) is 30.6 Å². The summed E-state index contributed by atoms with van der Waals surface area (Å²) in [6.45, 7) is 4.03. The first-order chi connectivity index (χ1) is 11.5. The first kappa shape index (κ1) is 17.9. The molecule has 1 amide bonds. The van der Waals surface area contributed by atoms with Gasteiger partial charge in [0.2, 0.25) is 0 Å². The number of thiocarbonyl (C=S) groups is 1. The van der Waals surface area contributed by atoms with Crippen molar-refractivity contribution >= 4 is 28.9 Å². The predicted molar refractivity (Wildman–Crippen MR) is 96.9 cm³/mol. The van der Waals surface area contributed by atoms with Crippen molar-refractivity contribution in [2.24, 2.45) is 0 Å². The molecule has 1 unspecified atom stereocenters. The molecule has 0 saturated heterocycles. The highest BCUT2D eigenvalue weighted by atomic mass is 32.1. The van der Waals surface area contributed by atoms with Crippen LogP contribution in [0.25, 0.3) is 0 Å². The van der Waals surface area contributed by atoms with Gasteiger partial charge < -0.3 is 10.1 Å². The maximum absolute atomic E-state index is 13.6. The largest absolute Gasteiger partial charge is 0.491 e. The molecule has 0 spiro atoms. The summed E-state index contributed by atoms with van der Waals surface area (Å²) >= 11 is 5.10. The lowest BCUT2D eigenvalue weighted by Crippen LogP contribution is -2.34. The molecule has 2 N–H and O–H groups in total. The van der Waals surface area contributed by atoms with Crippen molar-refractivity contribution in [2.75, 3.05) is 5.32 Å². The van der Waals surface area contributed by atoms with E-state index >= 15 is 0 Å². The Hall–Kier alpha value is -2.47. The summed E-state index contributed by atoms with van der Waals surface area (Å²) in [5.74, 6) is -0.489. The van der Waals surface area contributed by atoms with E-state index in [-0.39, 0.29) is 16.8 Å². The lowest BCUT2D eigenvalue weighted by Gasteiger charge is -2.14. The molecule has 2 aromatic carbocycles. The molecular weight excluding hydrogens is 327 g/mol. The summed E-state index contributed by atoms with van der Waals surface area (Å²) in [5, 5.41) is 5.44. The molecule has 0 aliphatic carbocycles. The second-order valence-electron chi connectivity index (χ2n) is 5.25. The second kappa shape index (κ2) is 8.40. The van der Waals surface area contributed by atoms with E-state index in [1.807, 2.05) is 26.0 Å². The fourth-order valence-electron chi connectivity index (χ4n) is 1.94. The number of halogens is 1. The molecular formula is C18H19FN2O2S. The highest BCUT2D eigenvalue weighted by Crippen LogP contribution is 2.19. The topological polar surface area (TPSA) is 50.4 Å². The molecule has 0 aliphatic rings. The van der Waals surface area contributed by atoms with E-state index in [0.717, 1.165) is 6.42 Å². The van der Waals surface area contributed by atoms with Gasteiger partial charge in [-0.3, -0.25) is 10.1 Å². The van der Waals surface area contributed by atoms with Crippen molar-refractivity contribution in [2.45, 2.75) is 26.4 Å². The number of anilines is 1. The van der Waals surface area contributed by atoms with Gasteiger partial charge in [-0.2, -0.15) is 0 Å². The van der Waals surface area contributed by atoms with Crippen molar-refractivity contribution in [1.29, 1.82) is 0 Å². The molecule has 24 heavy (non-hydrogen) atoms. The summed E-state index contributed by atoms with van der Waals surface area (Å²) in [6.07, 6.45) is 1.00. The Morgan fingerprint density at radius 1 is 1.25 bits per heavy atom. The van der Waals surface area contributed by atoms with Crippen molar-refractivity contribution in [3.63, 3.8) is 0 Å². The van der Waals surface area contributed by atoms with Crippen LogP contribution in [0, 0.1) is 5.82 Å². The van der Waals surface area contributed by atoms with Crippen molar-refractivity contribution < 1.29 is 13.9 Å². The minimum absolute atomic E-state index is 0.0597. The van der Waals surface area contributed by atoms with E-state index in [1.54, 1.807) is 18.2 Å². The average molecular weight is 346 g/mol. The molecule has 0 heterocycles. The van der Waals surface area contributed by atoms with Crippen LogP contribution in [-0.2, 0) is 0 Å². The van der Waals surface area contributed by atoms with Gasteiger partial charge in [0.15, 0.2) is 5.11 Å². The van der Waals surface area contributed by atoms with Gasteiger partial charge in [0.25, 0.3) is 5.91 Å². The number of ether oxygens (including phenoxy) is 1. The lowest BCUT2D eigenvalue weighted by atomic mass is 10.2. The van der Waals surface area contributed by atoms with E-state index in [0.29, 0.717) is 11.4 Å². The molecule has 0 aliphatic heterocycles. The SMILES string of the molecule is CCC(C)Oc1cccc(NC(=S)NC(=O)c2ccccc2F)c1. The number of hydrogen-bond acceptors (Lipinski definition) is 3. The van der Waals surface area contributed by atoms with Crippen molar-refractivity contribution in [3.05, 3.63) is 59.9 Å². The van der Waals surface area contributed by atoms with Crippen molar-refractivity contribution in [1.82, 2.24) is 5.32 Å². The molecule has 0 saturated carbocycles. The van der Waals surface area contributed by atoms with E-state index < -0.39 is 11.7 Å². The summed E-state index contributed by atoms with van der Waals surface area (Å²) in [6, 6.07) is 13.0. The smallest absolute Gasteiger partial charge is 0.260 e. The lowest BCUT2D eigenvalue weighted by molar-refractivity contribution is 0.0974. The van der Waals surface area contributed by atoms with Crippen LogP contribution in [0.2, 0.25) is 0 Å². The molecule has 2 rings (SSSR count). The Morgan fingerprint density at radius 3 is 2.71 bits per heavy atom. The van der Waals surface area contributed by atoms with E-state index in [1.165, 1.54) is 18.2 Å². The summed E-state index contributed by atoms with van der Waals surface area (Å²) in [4.78, 5) is 12.0. The van der Waals surface area contributed by atoms with Gasteiger partial charge in [0, 0.05) is 11.8 Å². The Bertz CT molecular complexity index is 736. The molecule has 0 bridgehead atoms. The molecule has 1 atom stereocenters. The van der Waals surface area contributed by atoms with Crippen LogP contribution >= 0.6 is 12.2 Å². The van der Waals surface area contributed by atoms with Crippen LogP contribution in [-0.4, -0.2) is 17.1 Å². The fraction of sp³-hybridized carbons (Fsp3) is 0.222. The van der Waals surface area contributed by atoms with E-state index in [4.69, 9.17) is 17.0 Å². The van der Waals surface area contributed by atoms with Crippen molar-refractivity contribution in [3.8, 4) is 5.75 Å². The first-order valence-electron chi connectivity index (χ1n) is 7.63. The van der Waals surface area contributed by atoms with Crippen LogP contribution in [0.5, 0.6) is 5.75 Å². The van der Waals surface area contributed by atoms with Gasteiger partial charge in [-0.15, -0.1) is 0 Å². The van der Waals surface area contributed by atoms with Gasteiger partial charge in [-0.1, -0.05) is 25.1 Å². The molecule has 0 fully saturated rings. The van der Waals surface area contributed by atoms with Crippen LogP contribution in [0.3, 0.4) is 0 Å². The molecule has 0 radical (unpaired) electrons. The average Bonchev–Trinajstić information content (AvgIpc) is 2.55. The third kappa shape index (κ3) is 5.03. The van der Waals surface area contributed by atoms with Gasteiger partial charge >= 0.3 is 0 Å². The molecule has 2 aromatic rings. The van der Waals surface area contributed by atoms with Crippen LogP contribution < -0.4 is 15.4 Å². The summed E-state index contributed by atoms with van der Waals surface area (Å²) in [7, 11) is 0. The highest BCUT2D eigenvalue weighted by molar-refractivity contribution is 7.80. The number of hydrogen-bond donors (Lipinski definition) is 2. The second-order valence-corrected chi connectivity index (χ2v) is 5.66. The Balaban J connectivity index is 1.98. The zero-order chi connectivity index (χ0) is 17.5. The molecule has 6 heteroatoms. The van der Waals surface area contributed by atoms with Gasteiger partial charge in [-0.05, 0) is 49.8 Å². The third-order valence-corrected chi connectivity index (χ3v) is 3.55. The van der Waals surface area contributed by atoms with Gasteiger partial charge in [0.05, 0.1) is 11.7 Å². The number of carbonyl (C=O) groups excluding carboxylic acids is 1. The maximum Gasteiger partial charge on any atom is 0.260 e. The Morgan fingerprint density at radius 2 is 2.00 bits per heavy atom. The summed E-state index contributed by atoms with van der Waals surface area (Å²) in [5.41, 5.74) is 0.616. The number of amides is 1. The normalized spacial score (nSPS) is 11.5. The first-order valence-corrected chi connectivity index (χ1v) is 8.04. The summed E-state index contributed by atoms with van der Waals surface area (Å²) < 4.78 is 19.3. The fourth-order valence-corrected chi connectivity index (χ4v) is 2.15. The van der Waals surface area contributed by atoms with Gasteiger partial charge in [-0.25, -0.2) is 4.39 Å². The number of nitrogens with one attached hydrogen (secondary N) is 2. The number of benzene rings is 2. The zero-order valence-electron chi connectivity index (χ0n) is 13.5. The minimum atomic E-state index is -0.599. The number of rotatable bonds is 5. The minimum Gasteiger partial charge on any atom is -0.491 e. The Labute approximate surface area is 146 Å². The van der Waals surface area contributed by atoms with Gasteiger partial charge in [0.1, 0.15) is 11.6 Å². The quantitative estimate of drug-likeness (QED) is 0.799. The third-order valence-electron chi connectivity index (χ3n) is 3.35. The monoisotopic (exact) mass is 346 g/mol. The maximum atomic E-state index is 13.6. The van der Waals surface area contributed by atoms with Crippen LogP contribution in [0.15, 0.2) is 48.5 Å². The molecule has 4 nitrogen and oxygen atoms in total.